The number of aromatic nitrogens is 1. The molecule has 0 aliphatic heterocycles. The monoisotopic (exact) mass is 394 g/mol. The fourth-order valence-electron chi connectivity index (χ4n) is 3.96. The quantitative estimate of drug-likeness (QED) is 0.739. The predicted molar refractivity (Wildman–Crippen MR) is 110 cm³/mol. The molecule has 2 aromatic rings. The molecule has 0 spiro atoms. The minimum absolute atomic E-state index is 0.0133. The Hall–Kier alpha value is -3.07. The van der Waals surface area contributed by atoms with Crippen molar-refractivity contribution in [2.24, 2.45) is 0 Å². The van der Waals surface area contributed by atoms with Gasteiger partial charge in [0.2, 0.25) is 5.88 Å². The Bertz CT molecular complexity index is 1010. The lowest BCUT2D eigenvalue weighted by Crippen LogP contribution is -2.31. The van der Waals surface area contributed by atoms with E-state index in [2.05, 4.69) is 0 Å². The minimum atomic E-state index is -0.522. The number of aromatic hydroxyl groups is 1. The summed E-state index contributed by atoms with van der Waals surface area (Å²) in [7, 11) is 0. The van der Waals surface area contributed by atoms with Gasteiger partial charge in [-0.1, -0.05) is 38.3 Å². The van der Waals surface area contributed by atoms with Crippen LogP contribution >= 0.6 is 0 Å². The molecule has 0 saturated heterocycles. The second kappa shape index (κ2) is 8.95. The van der Waals surface area contributed by atoms with E-state index in [9.17, 15) is 20.0 Å². The van der Waals surface area contributed by atoms with Crippen LogP contribution < -0.4 is 10.3 Å². The number of hydrogen-bond acceptors (Lipinski definition) is 5. The summed E-state index contributed by atoms with van der Waals surface area (Å²) in [6.45, 7) is 4.07. The minimum Gasteiger partial charge on any atom is -0.494 e. The Kier molecular flexibility index (Phi) is 6.38. The van der Waals surface area contributed by atoms with Crippen molar-refractivity contribution in [1.82, 2.24) is 4.57 Å². The molecule has 0 bridgehead atoms. The van der Waals surface area contributed by atoms with Gasteiger partial charge in [-0.25, -0.2) is 0 Å². The Morgan fingerprint density at radius 3 is 2.69 bits per heavy atom. The van der Waals surface area contributed by atoms with Crippen molar-refractivity contribution in [3.63, 3.8) is 0 Å². The lowest BCUT2D eigenvalue weighted by Gasteiger charge is -2.26. The van der Waals surface area contributed by atoms with Crippen molar-refractivity contribution in [2.45, 2.75) is 58.4 Å². The van der Waals surface area contributed by atoms with Crippen molar-refractivity contribution >= 4 is 5.78 Å². The van der Waals surface area contributed by atoms with E-state index in [1.807, 2.05) is 13.0 Å². The first-order valence-corrected chi connectivity index (χ1v) is 10.1. The lowest BCUT2D eigenvalue weighted by atomic mass is 9.93. The summed E-state index contributed by atoms with van der Waals surface area (Å²) < 4.78 is 6.86. The number of benzene rings is 1. The molecule has 1 aliphatic carbocycles. The SMILES string of the molecule is CCCOc1cccc(C(=O)c2c(C)c(C#N)c(=O)n(C3CCCCC3)c2O)c1. The molecule has 0 unspecified atom stereocenters. The summed E-state index contributed by atoms with van der Waals surface area (Å²) in [5, 5.41) is 20.5. The molecule has 1 saturated carbocycles. The zero-order chi connectivity index (χ0) is 21.0. The summed E-state index contributed by atoms with van der Waals surface area (Å²) in [4.78, 5) is 26.2. The number of ether oxygens (including phenoxy) is 1. The van der Waals surface area contributed by atoms with Gasteiger partial charge in [-0.05, 0) is 43.9 Å². The number of pyridine rings is 1. The summed E-state index contributed by atoms with van der Waals surface area (Å²) in [5.74, 6) is -0.206. The summed E-state index contributed by atoms with van der Waals surface area (Å²) in [6.07, 6.45) is 5.32. The third-order valence-electron chi connectivity index (χ3n) is 5.48. The molecule has 1 aliphatic rings. The highest BCUT2D eigenvalue weighted by molar-refractivity contribution is 6.11. The van der Waals surface area contributed by atoms with E-state index in [1.54, 1.807) is 24.3 Å². The highest BCUT2D eigenvalue weighted by atomic mass is 16.5. The molecule has 1 aromatic heterocycles. The molecule has 0 radical (unpaired) electrons. The number of ketones is 1. The molecule has 1 heterocycles. The van der Waals surface area contributed by atoms with Crippen molar-refractivity contribution in [3.05, 3.63) is 56.9 Å². The average Bonchev–Trinajstić information content (AvgIpc) is 2.73. The fourth-order valence-corrected chi connectivity index (χ4v) is 3.96. The van der Waals surface area contributed by atoms with Crippen LogP contribution in [0.4, 0.5) is 0 Å². The van der Waals surface area contributed by atoms with Crippen LogP contribution in [0.2, 0.25) is 0 Å². The molecular weight excluding hydrogens is 368 g/mol. The van der Waals surface area contributed by atoms with Gasteiger partial charge < -0.3 is 9.84 Å². The maximum Gasteiger partial charge on any atom is 0.271 e. The van der Waals surface area contributed by atoms with Crippen molar-refractivity contribution < 1.29 is 14.6 Å². The first-order chi connectivity index (χ1) is 14.0. The Balaban J connectivity index is 2.12. The Morgan fingerprint density at radius 2 is 2.03 bits per heavy atom. The zero-order valence-corrected chi connectivity index (χ0v) is 16.9. The number of carbonyl (C=O) groups is 1. The Labute approximate surface area is 170 Å². The van der Waals surface area contributed by atoms with E-state index in [0.717, 1.165) is 38.5 Å². The van der Waals surface area contributed by atoms with Crippen LogP contribution in [0.25, 0.3) is 0 Å². The predicted octanol–water partition coefficient (Wildman–Crippen LogP) is 4.26. The van der Waals surface area contributed by atoms with E-state index >= 15 is 0 Å². The number of carbonyl (C=O) groups excluding carboxylic acids is 1. The number of nitriles is 1. The number of nitrogens with zero attached hydrogens (tertiary/aromatic N) is 2. The number of hydrogen-bond donors (Lipinski definition) is 1. The number of rotatable bonds is 6. The van der Waals surface area contributed by atoms with E-state index in [4.69, 9.17) is 4.74 Å². The zero-order valence-electron chi connectivity index (χ0n) is 16.9. The van der Waals surface area contributed by atoms with Gasteiger partial charge in [-0.15, -0.1) is 0 Å². The molecule has 1 N–H and O–H groups in total. The van der Waals surface area contributed by atoms with Gasteiger partial charge in [0.15, 0.2) is 5.78 Å². The normalized spacial score (nSPS) is 14.4. The molecule has 1 aromatic carbocycles. The van der Waals surface area contributed by atoms with Crippen LogP contribution in [-0.2, 0) is 0 Å². The molecule has 152 valence electrons. The molecule has 0 amide bonds. The molecule has 3 rings (SSSR count). The van der Waals surface area contributed by atoms with Crippen molar-refractivity contribution in [1.29, 1.82) is 5.26 Å². The molecule has 29 heavy (non-hydrogen) atoms. The summed E-state index contributed by atoms with van der Waals surface area (Å²) in [6, 6.07) is 8.48. The van der Waals surface area contributed by atoms with Crippen LogP contribution in [0.5, 0.6) is 11.6 Å². The van der Waals surface area contributed by atoms with Crippen LogP contribution in [-0.4, -0.2) is 22.1 Å². The van der Waals surface area contributed by atoms with Crippen molar-refractivity contribution in [3.8, 4) is 17.7 Å². The van der Waals surface area contributed by atoms with Crippen molar-refractivity contribution in [2.75, 3.05) is 6.61 Å². The van der Waals surface area contributed by atoms with Gasteiger partial charge in [0, 0.05) is 11.6 Å². The fraction of sp³-hybridized carbons (Fsp3) is 0.435. The van der Waals surface area contributed by atoms with Gasteiger partial charge in [0.1, 0.15) is 17.4 Å². The lowest BCUT2D eigenvalue weighted by molar-refractivity contribution is 0.103. The smallest absolute Gasteiger partial charge is 0.271 e. The summed E-state index contributed by atoms with van der Waals surface area (Å²) >= 11 is 0. The van der Waals surface area contributed by atoms with Gasteiger partial charge in [-0.3, -0.25) is 14.2 Å². The first kappa shape index (κ1) is 20.7. The maximum atomic E-state index is 13.3. The molecule has 6 nitrogen and oxygen atoms in total. The summed E-state index contributed by atoms with van der Waals surface area (Å²) in [5.41, 5.74) is -0.0397. The molecule has 1 fully saturated rings. The van der Waals surface area contributed by atoms with Gasteiger partial charge in [-0.2, -0.15) is 5.26 Å². The molecule has 0 atom stereocenters. The van der Waals surface area contributed by atoms with E-state index in [1.165, 1.54) is 11.5 Å². The topological polar surface area (TPSA) is 92.3 Å². The molecule has 6 heteroatoms. The largest absolute Gasteiger partial charge is 0.494 e. The standard InChI is InChI=1S/C23H26N2O4/c1-3-12-29-18-11-7-8-16(13-18)21(26)20-15(2)19(14-24)22(27)25(23(20)28)17-9-5-4-6-10-17/h7-8,11,13,17,28H,3-6,9-10,12H2,1-2H3. The van der Waals surface area contributed by atoms with Crippen LogP contribution in [0.15, 0.2) is 29.1 Å². The van der Waals surface area contributed by atoms with E-state index in [0.29, 0.717) is 17.9 Å². The van der Waals surface area contributed by atoms with E-state index in [-0.39, 0.29) is 28.6 Å². The van der Waals surface area contributed by atoms with Gasteiger partial charge in [0.05, 0.1) is 12.2 Å². The maximum absolute atomic E-state index is 13.3. The van der Waals surface area contributed by atoms with Gasteiger partial charge >= 0.3 is 0 Å². The second-order valence-corrected chi connectivity index (χ2v) is 7.48. The Morgan fingerprint density at radius 1 is 1.31 bits per heavy atom. The van der Waals surface area contributed by atoms with Gasteiger partial charge in [0.25, 0.3) is 5.56 Å². The second-order valence-electron chi connectivity index (χ2n) is 7.48. The highest BCUT2D eigenvalue weighted by Gasteiger charge is 2.28. The van der Waals surface area contributed by atoms with Crippen LogP contribution in [0.3, 0.4) is 0 Å². The van der Waals surface area contributed by atoms with E-state index < -0.39 is 11.3 Å². The third kappa shape index (κ3) is 4.04. The molecular formula is C23H26N2O4. The van der Waals surface area contributed by atoms with Crippen LogP contribution in [0, 0.1) is 18.3 Å². The van der Waals surface area contributed by atoms with Crippen LogP contribution in [0.1, 0.15) is 78.5 Å². The third-order valence-corrected chi connectivity index (χ3v) is 5.48. The average molecular weight is 394 g/mol. The highest BCUT2D eigenvalue weighted by Crippen LogP contribution is 2.34. The first-order valence-electron chi connectivity index (χ1n) is 10.1.